The number of halogens is 1. The molecule has 5 nitrogen and oxygen atoms in total. The molecule has 0 aliphatic rings. The van der Waals surface area contributed by atoms with E-state index in [1.807, 2.05) is 56.3 Å². The summed E-state index contributed by atoms with van der Waals surface area (Å²) in [6.07, 6.45) is 0.901. The number of carbonyl (C=O) groups excluding carboxylic acids is 2. The first-order valence-corrected chi connectivity index (χ1v) is 10.1. The maximum atomic E-state index is 12.2. The molecule has 2 N–H and O–H groups in total. The van der Waals surface area contributed by atoms with E-state index in [0.29, 0.717) is 16.4 Å². The van der Waals surface area contributed by atoms with Crippen molar-refractivity contribution in [3.8, 4) is 0 Å². The maximum Gasteiger partial charge on any atom is 0.261 e. The molecule has 0 saturated carbocycles. The zero-order valence-corrected chi connectivity index (χ0v) is 17.7. The molecule has 0 aliphatic heterocycles. The highest BCUT2D eigenvalue weighted by atomic mass is 35.5. The largest absolute Gasteiger partial charge is 0.353 e. The van der Waals surface area contributed by atoms with Crippen molar-refractivity contribution in [1.29, 1.82) is 0 Å². The molecule has 0 bridgehead atoms. The van der Waals surface area contributed by atoms with Crippen LogP contribution in [0.1, 0.15) is 38.6 Å². The second-order valence-corrected chi connectivity index (χ2v) is 8.10. The van der Waals surface area contributed by atoms with E-state index in [-0.39, 0.29) is 24.4 Å². The van der Waals surface area contributed by atoms with E-state index in [0.717, 1.165) is 17.5 Å². The van der Waals surface area contributed by atoms with Crippen LogP contribution in [0.2, 0.25) is 5.02 Å². The molecule has 0 unspecified atom stereocenters. The molecule has 1 aromatic heterocycles. The first-order valence-electron chi connectivity index (χ1n) is 8.88. The van der Waals surface area contributed by atoms with Gasteiger partial charge in [0.15, 0.2) is 0 Å². The smallest absolute Gasteiger partial charge is 0.261 e. The van der Waals surface area contributed by atoms with Crippen LogP contribution in [0.5, 0.6) is 0 Å². The van der Waals surface area contributed by atoms with Gasteiger partial charge >= 0.3 is 0 Å². The number of hydrogen-bond acceptors (Lipinski definition) is 4. The van der Waals surface area contributed by atoms with E-state index in [2.05, 4.69) is 17.6 Å². The Morgan fingerprint density at radius 1 is 1.22 bits per heavy atom. The molecule has 7 heteroatoms. The predicted octanol–water partition coefficient (Wildman–Crippen LogP) is 3.42. The first kappa shape index (κ1) is 21.4. The van der Waals surface area contributed by atoms with E-state index in [1.54, 1.807) is 0 Å². The van der Waals surface area contributed by atoms with E-state index in [1.165, 1.54) is 16.2 Å². The van der Waals surface area contributed by atoms with Crippen molar-refractivity contribution in [1.82, 2.24) is 15.5 Å². The lowest BCUT2D eigenvalue weighted by atomic mass is 10.1. The van der Waals surface area contributed by atoms with Crippen molar-refractivity contribution in [3.63, 3.8) is 0 Å². The number of thiophene rings is 1. The third-order valence-electron chi connectivity index (χ3n) is 4.36. The lowest BCUT2D eigenvalue weighted by Crippen LogP contribution is -2.40. The summed E-state index contributed by atoms with van der Waals surface area (Å²) in [5.74, 6) is -0.445. The van der Waals surface area contributed by atoms with Gasteiger partial charge in [0.05, 0.1) is 17.5 Å². The fourth-order valence-corrected chi connectivity index (χ4v) is 4.11. The minimum Gasteiger partial charge on any atom is -0.353 e. The van der Waals surface area contributed by atoms with Crippen molar-refractivity contribution >= 4 is 34.8 Å². The fraction of sp³-hybridized carbons (Fsp3) is 0.400. The predicted molar refractivity (Wildman–Crippen MR) is 112 cm³/mol. The van der Waals surface area contributed by atoms with Crippen LogP contribution >= 0.6 is 22.9 Å². The number of hydrogen-bond donors (Lipinski definition) is 2. The number of amides is 2. The molecule has 0 saturated heterocycles. The van der Waals surface area contributed by atoms with Gasteiger partial charge in [-0.25, -0.2) is 0 Å². The Hall–Kier alpha value is -1.89. The lowest BCUT2D eigenvalue weighted by molar-refractivity contribution is -0.120. The standard InChI is InChI=1S/C20H26ClN3O2S/c1-5-17-13(2)10-18(27-17)20(26)23-12-19(25)22-11-16(24(3)4)14-8-6-7-9-15(14)21/h6-10,16H,5,11-12H2,1-4H3,(H,22,25)(H,23,26)/t16-/m1/s1. The van der Waals surface area contributed by atoms with Crippen LogP contribution < -0.4 is 10.6 Å². The van der Waals surface area contributed by atoms with Crippen molar-refractivity contribution in [2.24, 2.45) is 0 Å². The highest BCUT2D eigenvalue weighted by Gasteiger charge is 2.18. The summed E-state index contributed by atoms with van der Waals surface area (Å²) >= 11 is 7.76. The number of aryl methyl sites for hydroxylation is 2. The molecule has 1 aromatic carbocycles. The van der Waals surface area contributed by atoms with Gasteiger partial charge in [0.1, 0.15) is 0 Å². The highest BCUT2D eigenvalue weighted by Crippen LogP contribution is 2.25. The summed E-state index contributed by atoms with van der Waals surface area (Å²) in [6.45, 7) is 4.41. The SMILES string of the molecule is CCc1sc(C(=O)NCC(=O)NC[C@H](c2ccccc2Cl)N(C)C)cc1C. The molecule has 27 heavy (non-hydrogen) atoms. The Morgan fingerprint density at radius 2 is 1.93 bits per heavy atom. The van der Waals surface area contributed by atoms with Crippen molar-refractivity contribution in [3.05, 3.63) is 56.2 Å². The normalized spacial score (nSPS) is 12.1. The van der Waals surface area contributed by atoms with Crippen LogP contribution in [0.3, 0.4) is 0 Å². The average molecular weight is 408 g/mol. The van der Waals surface area contributed by atoms with Crippen LogP contribution in [-0.2, 0) is 11.2 Å². The molecule has 1 atom stereocenters. The summed E-state index contributed by atoms with van der Waals surface area (Å²) in [5.41, 5.74) is 2.07. The zero-order valence-electron chi connectivity index (χ0n) is 16.1. The number of nitrogens with one attached hydrogen (secondary N) is 2. The minimum absolute atomic E-state index is 0.0505. The Morgan fingerprint density at radius 3 is 2.52 bits per heavy atom. The molecule has 0 fully saturated rings. The Kier molecular flexibility index (Phi) is 7.83. The molecular formula is C20H26ClN3O2S. The summed E-state index contributed by atoms with van der Waals surface area (Å²) in [5, 5.41) is 6.23. The summed E-state index contributed by atoms with van der Waals surface area (Å²) < 4.78 is 0. The number of carbonyl (C=O) groups is 2. The number of nitrogens with zero attached hydrogens (tertiary/aromatic N) is 1. The van der Waals surface area contributed by atoms with Gasteiger partial charge in [-0.05, 0) is 50.7 Å². The van der Waals surface area contributed by atoms with Crippen LogP contribution in [0.4, 0.5) is 0 Å². The van der Waals surface area contributed by atoms with Crippen LogP contribution in [0, 0.1) is 6.92 Å². The minimum atomic E-state index is -0.230. The van der Waals surface area contributed by atoms with Crippen molar-refractivity contribution < 1.29 is 9.59 Å². The highest BCUT2D eigenvalue weighted by molar-refractivity contribution is 7.14. The summed E-state index contributed by atoms with van der Waals surface area (Å²) in [4.78, 5) is 28.2. The van der Waals surface area contributed by atoms with Crippen LogP contribution in [0.15, 0.2) is 30.3 Å². The van der Waals surface area contributed by atoms with Gasteiger partial charge in [-0.1, -0.05) is 36.7 Å². The number of rotatable bonds is 8. The van der Waals surface area contributed by atoms with Gasteiger partial charge in [-0.2, -0.15) is 0 Å². The van der Waals surface area contributed by atoms with Crippen molar-refractivity contribution in [2.45, 2.75) is 26.3 Å². The molecule has 2 aromatic rings. The molecular weight excluding hydrogens is 382 g/mol. The first-order chi connectivity index (χ1) is 12.8. The number of benzene rings is 1. The zero-order chi connectivity index (χ0) is 20.0. The summed E-state index contributed by atoms with van der Waals surface area (Å²) in [6, 6.07) is 9.41. The molecule has 0 radical (unpaired) electrons. The molecule has 1 heterocycles. The second kappa shape index (κ2) is 9.88. The van der Waals surface area contributed by atoms with Gasteiger partial charge < -0.3 is 15.5 Å². The van der Waals surface area contributed by atoms with Gasteiger partial charge in [0.25, 0.3) is 5.91 Å². The Bertz CT molecular complexity index is 804. The van der Waals surface area contributed by atoms with Crippen LogP contribution in [-0.4, -0.2) is 43.9 Å². The summed E-state index contributed by atoms with van der Waals surface area (Å²) in [7, 11) is 3.87. The maximum absolute atomic E-state index is 12.2. The Balaban J connectivity index is 1.89. The quantitative estimate of drug-likeness (QED) is 0.704. The second-order valence-electron chi connectivity index (χ2n) is 6.56. The lowest BCUT2D eigenvalue weighted by Gasteiger charge is -2.26. The van der Waals surface area contributed by atoms with Gasteiger partial charge in [-0.15, -0.1) is 11.3 Å². The van der Waals surface area contributed by atoms with Crippen LogP contribution in [0.25, 0.3) is 0 Å². The van der Waals surface area contributed by atoms with Gasteiger partial charge in [-0.3, -0.25) is 9.59 Å². The molecule has 0 aliphatic carbocycles. The number of likely N-dealkylation sites (N-methyl/N-ethyl adjacent to an activating group) is 1. The average Bonchev–Trinajstić information content (AvgIpc) is 3.02. The molecule has 0 spiro atoms. The third-order valence-corrected chi connectivity index (χ3v) is 6.08. The topological polar surface area (TPSA) is 61.4 Å². The third kappa shape index (κ3) is 5.79. The molecule has 2 amide bonds. The van der Waals surface area contributed by atoms with E-state index in [9.17, 15) is 9.59 Å². The molecule has 146 valence electrons. The monoisotopic (exact) mass is 407 g/mol. The van der Waals surface area contributed by atoms with Gasteiger partial charge in [0.2, 0.25) is 5.91 Å². The fourth-order valence-electron chi connectivity index (χ4n) is 2.82. The van der Waals surface area contributed by atoms with Crippen molar-refractivity contribution in [2.75, 3.05) is 27.2 Å². The van der Waals surface area contributed by atoms with E-state index in [4.69, 9.17) is 11.6 Å². The molecule has 2 rings (SSSR count). The van der Waals surface area contributed by atoms with E-state index >= 15 is 0 Å². The Labute approximate surface area is 169 Å². The van der Waals surface area contributed by atoms with E-state index < -0.39 is 0 Å². The van der Waals surface area contributed by atoms with Gasteiger partial charge in [0, 0.05) is 16.4 Å².